The topological polar surface area (TPSA) is 56.0 Å². The van der Waals surface area contributed by atoms with Crippen LogP contribution in [0.5, 0.6) is 0 Å². The molecule has 0 aliphatic heterocycles. The van der Waals surface area contributed by atoms with Crippen molar-refractivity contribution in [2.24, 2.45) is 0 Å². The number of aliphatic hydroxyl groups is 1. The molecule has 0 saturated carbocycles. The zero-order chi connectivity index (χ0) is 14.4. The summed E-state index contributed by atoms with van der Waals surface area (Å²) in [5.74, 6) is 0. The molecule has 2 atom stereocenters. The summed E-state index contributed by atoms with van der Waals surface area (Å²) in [7, 11) is 0. The van der Waals surface area contributed by atoms with E-state index in [1.165, 1.54) is 0 Å². The van der Waals surface area contributed by atoms with Crippen molar-refractivity contribution in [2.45, 2.75) is 19.0 Å². The summed E-state index contributed by atoms with van der Waals surface area (Å²) >= 11 is 0. The molecule has 0 aliphatic rings. The van der Waals surface area contributed by atoms with Crippen molar-refractivity contribution in [3.8, 4) is 6.07 Å². The minimum atomic E-state index is -0.114. The Bertz CT molecular complexity index is 589. The molecule has 0 radical (unpaired) electrons. The Labute approximate surface area is 119 Å². The molecular formula is C17H18N2O. The third-order valence-corrected chi connectivity index (χ3v) is 3.35. The van der Waals surface area contributed by atoms with Crippen molar-refractivity contribution in [2.75, 3.05) is 6.61 Å². The zero-order valence-electron chi connectivity index (χ0n) is 11.5. The van der Waals surface area contributed by atoms with Crippen molar-refractivity contribution >= 4 is 0 Å². The second-order valence-corrected chi connectivity index (χ2v) is 4.77. The van der Waals surface area contributed by atoms with Crippen molar-refractivity contribution < 1.29 is 5.11 Å². The molecule has 0 bridgehead atoms. The lowest BCUT2D eigenvalue weighted by Crippen LogP contribution is -2.27. The van der Waals surface area contributed by atoms with Gasteiger partial charge in [0.15, 0.2) is 0 Å². The van der Waals surface area contributed by atoms with E-state index in [0.717, 1.165) is 11.1 Å². The third-order valence-electron chi connectivity index (χ3n) is 3.35. The molecule has 2 N–H and O–H groups in total. The van der Waals surface area contributed by atoms with Gasteiger partial charge in [-0.05, 0) is 30.2 Å². The fourth-order valence-corrected chi connectivity index (χ4v) is 2.22. The molecule has 1 unspecified atom stereocenters. The highest BCUT2D eigenvalue weighted by Crippen LogP contribution is 2.20. The number of benzene rings is 2. The van der Waals surface area contributed by atoms with Crippen molar-refractivity contribution in [3.63, 3.8) is 0 Å². The smallest absolute Gasteiger partial charge is 0.0991 e. The van der Waals surface area contributed by atoms with E-state index in [2.05, 4.69) is 11.4 Å². The van der Waals surface area contributed by atoms with Crippen LogP contribution in [0.2, 0.25) is 0 Å². The van der Waals surface area contributed by atoms with E-state index in [1.54, 1.807) is 6.07 Å². The first-order valence-corrected chi connectivity index (χ1v) is 6.66. The molecule has 2 aromatic rings. The normalized spacial score (nSPS) is 13.4. The van der Waals surface area contributed by atoms with Gasteiger partial charge in [-0.15, -0.1) is 0 Å². The number of hydrogen-bond donors (Lipinski definition) is 2. The average molecular weight is 266 g/mol. The van der Waals surface area contributed by atoms with Crippen LogP contribution in [0.25, 0.3) is 0 Å². The Balaban J connectivity index is 2.13. The number of nitrogens with zero attached hydrogens (tertiary/aromatic N) is 1. The predicted octanol–water partition coefficient (Wildman–Crippen LogP) is 2.94. The van der Waals surface area contributed by atoms with Crippen molar-refractivity contribution in [1.82, 2.24) is 5.32 Å². The van der Waals surface area contributed by atoms with Gasteiger partial charge in [-0.25, -0.2) is 0 Å². The minimum Gasteiger partial charge on any atom is -0.394 e. The highest BCUT2D eigenvalue weighted by molar-refractivity contribution is 5.34. The summed E-state index contributed by atoms with van der Waals surface area (Å²) in [5.41, 5.74) is 2.74. The number of nitriles is 1. The Morgan fingerprint density at radius 1 is 1.10 bits per heavy atom. The molecule has 2 aromatic carbocycles. The molecule has 0 spiro atoms. The second kappa shape index (κ2) is 6.85. The summed E-state index contributed by atoms with van der Waals surface area (Å²) in [6, 6.07) is 19.5. The van der Waals surface area contributed by atoms with Gasteiger partial charge < -0.3 is 10.4 Å². The SMILES string of the molecule is CC(N[C@H](CO)c1ccccc1)c1cccc(C#N)c1. The molecule has 0 amide bonds. The van der Waals surface area contributed by atoms with Crippen LogP contribution in [0.1, 0.15) is 35.7 Å². The van der Waals surface area contributed by atoms with Crippen LogP contribution in [0.4, 0.5) is 0 Å². The first-order chi connectivity index (χ1) is 9.74. The zero-order valence-corrected chi connectivity index (χ0v) is 11.5. The molecule has 0 saturated heterocycles. The van der Waals surface area contributed by atoms with Gasteiger partial charge in [0.1, 0.15) is 0 Å². The maximum absolute atomic E-state index is 9.56. The number of nitrogens with one attached hydrogen (secondary N) is 1. The van der Waals surface area contributed by atoms with E-state index in [0.29, 0.717) is 5.56 Å². The quantitative estimate of drug-likeness (QED) is 0.874. The molecule has 102 valence electrons. The van der Waals surface area contributed by atoms with Gasteiger partial charge in [0, 0.05) is 6.04 Å². The largest absolute Gasteiger partial charge is 0.394 e. The molecular weight excluding hydrogens is 248 g/mol. The molecule has 3 heteroatoms. The molecule has 0 heterocycles. The first-order valence-electron chi connectivity index (χ1n) is 6.66. The molecule has 0 aliphatic carbocycles. The van der Waals surface area contributed by atoms with Crippen LogP contribution in [-0.2, 0) is 0 Å². The Morgan fingerprint density at radius 2 is 1.80 bits per heavy atom. The standard InChI is InChI=1S/C17H18N2O/c1-13(16-9-5-6-14(10-16)11-18)19-17(12-20)15-7-3-2-4-8-15/h2-10,13,17,19-20H,12H2,1H3/t13?,17-/m1/s1. The predicted molar refractivity (Wildman–Crippen MR) is 79.0 cm³/mol. The number of rotatable bonds is 5. The van der Waals surface area contributed by atoms with Gasteiger partial charge in [0.05, 0.1) is 24.3 Å². The summed E-state index contributed by atoms with van der Waals surface area (Å²) in [6.07, 6.45) is 0. The Kier molecular flexibility index (Phi) is 4.89. The van der Waals surface area contributed by atoms with Crippen LogP contribution in [0.3, 0.4) is 0 Å². The van der Waals surface area contributed by atoms with Gasteiger partial charge in [0.25, 0.3) is 0 Å². The fraction of sp³-hybridized carbons (Fsp3) is 0.235. The molecule has 2 rings (SSSR count). The van der Waals surface area contributed by atoms with Gasteiger partial charge in [0.2, 0.25) is 0 Å². The number of hydrogen-bond acceptors (Lipinski definition) is 3. The minimum absolute atomic E-state index is 0.0340. The van der Waals surface area contributed by atoms with Crippen molar-refractivity contribution in [1.29, 1.82) is 5.26 Å². The van der Waals surface area contributed by atoms with Crippen LogP contribution in [0, 0.1) is 11.3 Å². The Morgan fingerprint density at radius 3 is 2.45 bits per heavy atom. The van der Waals surface area contributed by atoms with E-state index in [9.17, 15) is 5.11 Å². The monoisotopic (exact) mass is 266 g/mol. The average Bonchev–Trinajstić information content (AvgIpc) is 2.53. The van der Waals surface area contributed by atoms with Crippen LogP contribution in [0.15, 0.2) is 54.6 Å². The number of aliphatic hydroxyl groups excluding tert-OH is 1. The van der Waals surface area contributed by atoms with E-state index in [4.69, 9.17) is 5.26 Å². The summed E-state index contributed by atoms with van der Waals surface area (Å²) in [4.78, 5) is 0. The van der Waals surface area contributed by atoms with Gasteiger partial charge >= 0.3 is 0 Å². The highest BCUT2D eigenvalue weighted by Gasteiger charge is 2.14. The van der Waals surface area contributed by atoms with E-state index < -0.39 is 0 Å². The lowest BCUT2D eigenvalue weighted by molar-refractivity contribution is 0.235. The molecule has 0 fully saturated rings. The van der Waals surface area contributed by atoms with Crippen molar-refractivity contribution in [3.05, 3.63) is 71.3 Å². The maximum Gasteiger partial charge on any atom is 0.0991 e. The molecule has 3 nitrogen and oxygen atoms in total. The fourth-order valence-electron chi connectivity index (χ4n) is 2.22. The Hall–Kier alpha value is -2.15. The van der Waals surface area contributed by atoms with Crippen LogP contribution in [-0.4, -0.2) is 11.7 Å². The van der Waals surface area contributed by atoms with E-state index >= 15 is 0 Å². The highest BCUT2D eigenvalue weighted by atomic mass is 16.3. The first kappa shape index (κ1) is 14.3. The van der Waals surface area contributed by atoms with Gasteiger partial charge in [-0.3, -0.25) is 0 Å². The third kappa shape index (κ3) is 3.45. The molecule has 0 aromatic heterocycles. The lowest BCUT2D eigenvalue weighted by atomic mass is 10.0. The van der Waals surface area contributed by atoms with E-state index in [-0.39, 0.29) is 18.7 Å². The maximum atomic E-state index is 9.56. The van der Waals surface area contributed by atoms with Gasteiger partial charge in [-0.2, -0.15) is 5.26 Å². The summed E-state index contributed by atoms with van der Waals surface area (Å²) in [6.45, 7) is 2.06. The summed E-state index contributed by atoms with van der Waals surface area (Å²) < 4.78 is 0. The van der Waals surface area contributed by atoms with E-state index in [1.807, 2.05) is 55.5 Å². The molecule has 20 heavy (non-hydrogen) atoms. The summed E-state index contributed by atoms with van der Waals surface area (Å²) in [5, 5.41) is 21.9. The van der Waals surface area contributed by atoms with Crippen LogP contribution >= 0.6 is 0 Å². The second-order valence-electron chi connectivity index (χ2n) is 4.77. The lowest BCUT2D eigenvalue weighted by Gasteiger charge is -2.22. The van der Waals surface area contributed by atoms with Gasteiger partial charge in [-0.1, -0.05) is 42.5 Å². The van der Waals surface area contributed by atoms with Crippen LogP contribution < -0.4 is 5.32 Å².